The molecule has 1 aromatic heterocycles. The topological polar surface area (TPSA) is 130 Å². The molecule has 4 amide bonds. The Balaban J connectivity index is 1.51. The van der Waals surface area contributed by atoms with Gasteiger partial charge in [0.25, 0.3) is 5.91 Å². The third kappa shape index (κ3) is 7.09. The van der Waals surface area contributed by atoms with E-state index in [0.717, 1.165) is 11.3 Å². The molecule has 4 N–H and O–H groups in total. The number of benzene rings is 1. The first-order chi connectivity index (χ1) is 15.6. The van der Waals surface area contributed by atoms with E-state index in [1.54, 1.807) is 41.4 Å². The van der Waals surface area contributed by atoms with Crippen LogP contribution in [0.3, 0.4) is 0 Å². The summed E-state index contributed by atoms with van der Waals surface area (Å²) in [5.74, 6) is 0.159. The number of carbonyl (C=O) groups is 3. The highest BCUT2D eigenvalue weighted by molar-refractivity contribution is 6.03. The molecule has 2 aromatic rings. The highest BCUT2D eigenvalue weighted by Crippen LogP contribution is 2.19. The summed E-state index contributed by atoms with van der Waals surface area (Å²) in [6.07, 6.45) is 1.41. The lowest BCUT2D eigenvalue weighted by Gasteiger charge is -2.36. The minimum absolute atomic E-state index is 0.282. The number of hydrogen-bond donors (Lipinski definition) is 3. The SMILES string of the molecule is CC(C)(C)OC(=O)N1CCN(c2ccc(NC(=O)c3ccc(CNC(N)=O)cc3)nc2)CC1. The standard InChI is InChI=1S/C23H30N6O4/c1-23(2,3)33-22(32)29-12-10-28(11-13-29)18-8-9-19(25-15-18)27-20(30)17-6-4-16(5-7-17)14-26-21(24)31/h4-9,15H,10-14H2,1-3H3,(H3,24,26,31)(H,25,27,30). The van der Waals surface area contributed by atoms with E-state index in [1.165, 1.54) is 0 Å². The predicted octanol–water partition coefficient (Wildman–Crippen LogP) is 2.56. The lowest BCUT2D eigenvalue weighted by atomic mass is 10.1. The Hall–Kier alpha value is -3.82. The van der Waals surface area contributed by atoms with E-state index in [9.17, 15) is 14.4 Å². The van der Waals surface area contributed by atoms with E-state index in [2.05, 4.69) is 20.5 Å². The molecule has 176 valence electrons. The monoisotopic (exact) mass is 454 g/mol. The number of primary amides is 1. The van der Waals surface area contributed by atoms with Gasteiger partial charge in [0.15, 0.2) is 0 Å². The van der Waals surface area contributed by atoms with E-state index in [1.807, 2.05) is 26.8 Å². The number of piperazine rings is 1. The van der Waals surface area contributed by atoms with Gasteiger partial charge in [-0.2, -0.15) is 0 Å². The number of hydrogen-bond acceptors (Lipinski definition) is 6. The van der Waals surface area contributed by atoms with Gasteiger partial charge in [0.05, 0.1) is 11.9 Å². The number of urea groups is 1. The molecule has 1 aliphatic heterocycles. The summed E-state index contributed by atoms with van der Waals surface area (Å²) in [6.45, 7) is 8.33. The molecular formula is C23H30N6O4. The fraction of sp³-hybridized carbons (Fsp3) is 0.391. The second-order valence-corrected chi connectivity index (χ2v) is 8.72. The van der Waals surface area contributed by atoms with Gasteiger partial charge in [-0.3, -0.25) is 4.79 Å². The van der Waals surface area contributed by atoms with Crippen LogP contribution in [0, 0.1) is 0 Å². The van der Waals surface area contributed by atoms with Crippen LogP contribution in [-0.2, 0) is 11.3 Å². The van der Waals surface area contributed by atoms with E-state index in [4.69, 9.17) is 10.5 Å². The van der Waals surface area contributed by atoms with Crippen LogP contribution in [0.25, 0.3) is 0 Å². The maximum Gasteiger partial charge on any atom is 0.410 e. The van der Waals surface area contributed by atoms with Crippen LogP contribution < -0.4 is 21.3 Å². The van der Waals surface area contributed by atoms with Crippen LogP contribution in [0.2, 0.25) is 0 Å². The minimum atomic E-state index is -0.601. The summed E-state index contributed by atoms with van der Waals surface area (Å²) >= 11 is 0. The second-order valence-electron chi connectivity index (χ2n) is 8.72. The van der Waals surface area contributed by atoms with Crippen molar-refractivity contribution in [1.82, 2.24) is 15.2 Å². The Kier molecular flexibility index (Phi) is 7.37. The number of carbonyl (C=O) groups excluding carboxylic acids is 3. The Morgan fingerprint density at radius 3 is 2.24 bits per heavy atom. The average Bonchev–Trinajstić information content (AvgIpc) is 2.77. The quantitative estimate of drug-likeness (QED) is 0.637. The fourth-order valence-electron chi connectivity index (χ4n) is 3.27. The molecular weight excluding hydrogens is 424 g/mol. The van der Waals surface area contributed by atoms with Crippen LogP contribution in [0.1, 0.15) is 36.7 Å². The molecule has 0 saturated carbocycles. The Labute approximate surface area is 193 Å². The first-order valence-corrected chi connectivity index (χ1v) is 10.7. The number of aromatic nitrogens is 1. The molecule has 0 bridgehead atoms. The van der Waals surface area contributed by atoms with Gasteiger partial charge in [0.1, 0.15) is 11.4 Å². The van der Waals surface area contributed by atoms with Gasteiger partial charge >= 0.3 is 12.1 Å². The summed E-state index contributed by atoms with van der Waals surface area (Å²) in [7, 11) is 0. The zero-order chi connectivity index (χ0) is 24.0. The van der Waals surface area contributed by atoms with Crippen LogP contribution >= 0.6 is 0 Å². The summed E-state index contributed by atoms with van der Waals surface area (Å²) in [6, 6.07) is 9.88. The first-order valence-electron chi connectivity index (χ1n) is 10.7. The number of nitrogens with zero attached hydrogens (tertiary/aromatic N) is 3. The number of nitrogens with one attached hydrogen (secondary N) is 2. The van der Waals surface area contributed by atoms with Gasteiger partial charge < -0.3 is 30.9 Å². The molecule has 0 atom stereocenters. The third-order valence-corrected chi connectivity index (χ3v) is 4.97. The molecule has 0 radical (unpaired) electrons. The number of pyridine rings is 1. The smallest absolute Gasteiger partial charge is 0.410 e. The highest BCUT2D eigenvalue weighted by atomic mass is 16.6. The number of ether oxygens (including phenoxy) is 1. The van der Waals surface area contributed by atoms with Crippen LogP contribution in [0.5, 0.6) is 0 Å². The van der Waals surface area contributed by atoms with Crippen LogP contribution in [-0.4, -0.2) is 59.7 Å². The minimum Gasteiger partial charge on any atom is -0.444 e. The molecule has 3 rings (SSSR count). The molecule has 33 heavy (non-hydrogen) atoms. The van der Waals surface area contributed by atoms with Gasteiger partial charge in [0.2, 0.25) is 0 Å². The molecule has 1 aromatic carbocycles. The second kappa shape index (κ2) is 10.2. The largest absolute Gasteiger partial charge is 0.444 e. The number of anilines is 2. The first kappa shape index (κ1) is 23.8. The molecule has 2 heterocycles. The fourth-order valence-corrected chi connectivity index (χ4v) is 3.27. The summed E-state index contributed by atoms with van der Waals surface area (Å²) < 4.78 is 5.43. The van der Waals surface area contributed by atoms with Crippen molar-refractivity contribution in [3.8, 4) is 0 Å². The summed E-state index contributed by atoms with van der Waals surface area (Å²) in [4.78, 5) is 43.7. The van der Waals surface area contributed by atoms with E-state index in [-0.39, 0.29) is 12.0 Å². The van der Waals surface area contributed by atoms with Gasteiger partial charge in [0, 0.05) is 38.3 Å². The Morgan fingerprint density at radius 1 is 1.03 bits per heavy atom. The average molecular weight is 455 g/mol. The molecule has 0 aliphatic carbocycles. The normalized spacial score (nSPS) is 13.9. The van der Waals surface area contributed by atoms with Gasteiger partial charge in [-0.1, -0.05) is 12.1 Å². The van der Waals surface area contributed by atoms with Gasteiger partial charge in [-0.05, 0) is 50.6 Å². The van der Waals surface area contributed by atoms with Gasteiger partial charge in [-0.25, -0.2) is 14.6 Å². The van der Waals surface area contributed by atoms with E-state index in [0.29, 0.717) is 44.1 Å². The molecule has 1 fully saturated rings. The summed E-state index contributed by atoms with van der Waals surface area (Å²) in [5.41, 5.74) is 6.77. The molecule has 10 heteroatoms. The van der Waals surface area contributed by atoms with E-state index < -0.39 is 11.6 Å². The number of rotatable bonds is 5. The molecule has 0 spiro atoms. The predicted molar refractivity (Wildman–Crippen MR) is 125 cm³/mol. The van der Waals surface area contributed by atoms with Crippen molar-refractivity contribution < 1.29 is 19.1 Å². The van der Waals surface area contributed by atoms with Gasteiger partial charge in [-0.15, -0.1) is 0 Å². The summed E-state index contributed by atoms with van der Waals surface area (Å²) in [5, 5.41) is 5.27. The van der Waals surface area contributed by atoms with Crippen molar-refractivity contribution in [3.05, 3.63) is 53.7 Å². The van der Waals surface area contributed by atoms with Crippen molar-refractivity contribution in [2.24, 2.45) is 5.73 Å². The van der Waals surface area contributed by atoms with Crippen molar-refractivity contribution in [2.75, 3.05) is 36.4 Å². The molecule has 10 nitrogen and oxygen atoms in total. The number of nitrogens with two attached hydrogens (primary N) is 1. The molecule has 1 aliphatic rings. The van der Waals surface area contributed by atoms with Crippen molar-refractivity contribution in [1.29, 1.82) is 0 Å². The van der Waals surface area contributed by atoms with E-state index >= 15 is 0 Å². The lowest BCUT2D eigenvalue weighted by molar-refractivity contribution is 0.0240. The molecule has 0 unspecified atom stereocenters. The van der Waals surface area contributed by atoms with Crippen molar-refractivity contribution >= 4 is 29.5 Å². The maximum atomic E-state index is 12.5. The van der Waals surface area contributed by atoms with Crippen molar-refractivity contribution in [2.45, 2.75) is 32.9 Å². The Bertz CT molecular complexity index is 978. The third-order valence-electron chi connectivity index (χ3n) is 4.97. The van der Waals surface area contributed by atoms with Crippen LogP contribution in [0.15, 0.2) is 42.6 Å². The maximum absolute atomic E-state index is 12.5. The van der Waals surface area contributed by atoms with Crippen LogP contribution in [0.4, 0.5) is 21.1 Å². The molecule has 1 saturated heterocycles. The Morgan fingerprint density at radius 2 is 1.70 bits per heavy atom. The lowest BCUT2D eigenvalue weighted by Crippen LogP contribution is -2.50. The zero-order valence-corrected chi connectivity index (χ0v) is 19.1. The zero-order valence-electron chi connectivity index (χ0n) is 19.1. The highest BCUT2D eigenvalue weighted by Gasteiger charge is 2.26. The number of amides is 4. The van der Waals surface area contributed by atoms with Crippen molar-refractivity contribution in [3.63, 3.8) is 0 Å².